The quantitative estimate of drug-likeness (QED) is 0.780. The van der Waals surface area contributed by atoms with E-state index in [-0.39, 0.29) is 0 Å². The summed E-state index contributed by atoms with van der Waals surface area (Å²) in [5.41, 5.74) is 1.07. The zero-order valence-corrected chi connectivity index (χ0v) is 15.4. The highest BCUT2D eigenvalue weighted by atomic mass is 16.5. The molecule has 2 unspecified atom stereocenters. The minimum atomic E-state index is -0.428. The van der Waals surface area contributed by atoms with E-state index in [0.29, 0.717) is 25.8 Å². The number of methoxy groups -OCH3 is 1. The van der Waals surface area contributed by atoms with Crippen LogP contribution in [0.15, 0.2) is 24.3 Å². The summed E-state index contributed by atoms with van der Waals surface area (Å²) in [7, 11) is 1.66. The van der Waals surface area contributed by atoms with Crippen LogP contribution in [0.1, 0.15) is 31.2 Å². The summed E-state index contributed by atoms with van der Waals surface area (Å²) >= 11 is 0. The average molecular weight is 348 g/mol. The Kier molecular flexibility index (Phi) is 7.11. The predicted molar refractivity (Wildman–Crippen MR) is 98.9 cm³/mol. The van der Waals surface area contributed by atoms with Gasteiger partial charge in [-0.3, -0.25) is 9.80 Å². The van der Waals surface area contributed by atoms with Gasteiger partial charge < -0.3 is 14.6 Å². The van der Waals surface area contributed by atoms with Gasteiger partial charge in [0.1, 0.15) is 5.75 Å². The molecule has 0 aliphatic carbocycles. The number of piperidine rings is 1. The van der Waals surface area contributed by atoms with Crippen LogP contribution in [0.4, 0.5) is 0 Å². The third-order valence-electron chi connectivity index (χ3n) is 5.32. The molecule has 2 atom stereocenters. The van der Waals surface area contributed by atoms with Gasteiger partial charge >= 0.3 is 0 Å². The van der Waals surface area contributed by atoms with Gasteiger partial charge in [0.2, 0.25) is 0 Å². The molecule has 3 rings (SSSR count). The molecule has 2 saturated heterocycles. The summed E-state index contributed by atoms with van der Waals surface area (Å²) in [6.07, 6.45) is 4.80. The summed E-state index contributed by atoms with van der Waals surface area (Å²) in [4.78, 5) is 5.05. The van der Waals surface area contributed by atoms with Crippen molar-refractivity contribution in [3.8, 4) is 5.75 Å². The van der Waals surface area contributed by atoms with Gasteiger partial charge in [-0.2, -0.15) is 0 Å². The number of aliphatic hydroxyl groups excluding tert-OH is 1. The fraction of sp³-hybridized carbons (Fsp3) is 0.700. The van der Waals surface area contributed by atoms with E-state index in [9.17, 15) is 5.11 Å². The first-order chi connectivity index (χ1) is 12.2. The van der Waals surface area contributed by atoms with Crippen molar-refractivity contribution < 1.29 is 14.6 Å². The lowest BCUT2D eigenvalue weighted by Crippen LogP contribution is -2.49. The topological polar surface area (TPSA) is 45.2 Å². The van der Waals surface area contributed by atoms with Crippen LogP contribution in [0.5, 0.6) is 5.75 Å². The first-order valence-corrected chi connectivity index (χ1v) is 9.60. The maximum atomic E-state index is 10.3. The second-order valence-corrected chi connectivity index (χ2v) is 7.32. The number of hydrogen-bond acceptors (Lipinski definition) is 5. The highest BCUT2D eigenvalue weighted by Gasteiger charge is 2.27. The third kappa shape index (κ3) is 5.68. The predicted octanol–water partition coefficient (Wildman–Crippen LogP) is 2.13. The monoisotopic (exact) mass is 348 g/mol. The molecule has 0 aromatic heterocycles. The fourth-order valence-electron chi connectivity index (χ4n) is 4.03. The first-order valence-electron chi connectivity index (χ1n) is 9.60. The number of benzene rings is 1. The Balaban J connectivity index is 1.37. The van der Waals surface area contributed by atoms with Gasteiger partial charge in [0.25, 0.3) is 0 Å². The number of likely N-dealkylation sites (tertiary alicyclic amines) is 2. The molecule has 5 heteroatoms. The molecule has 1 aromatic carbocycles. The number of aliphatic hydroxyl groups is 1. The number of nitrogens with zero attached hydrogens (tertiary/aromatic N) is 2. The van der Waals surface area contributed by atoms with Crippen molar-refractivity contribution in [3.63, 3.8) is 0 Å². The Morgan fingerprint density at radius 3 is 2.84 bits per heavy atom. The molecule has 2 aliphatic rings. The molecular formula is C20H32N2O3. The van der Waals surface area contributed by atoms with Gasteiger partial charge in [-0.25, -0.2) is 0 Å². The molecule has 2 fully saturated rings. The number of ether oxygens (including phenoxy) is 2. The largest absolute Gasteiger partial charge is 0.497 e. The molecule has 1 aromatic rings. The molecule has 0 saturated carbocycles. The Morgan fingerprint density at radius 2 is 2.04 bits per heavy atom. The lowest BCUT2D eigenvalue weighted by molar-refractivity contribution is -0.000342. The normalized spacial score (nSPS) is 23.7. The van der Waals surface area contributed by atoms with E-state index >= 15 is 0 Å². The number of rotatable bonds is 8. The van der Waals surface area contributed by atoms with Gasteiger partial charge in [0.15, 0.2) is 0 Å². The zero-order valence-electron chi connectivity index (χ0n) is 15.4. The Bertz CT molecular complexity index is 519. The van der Waals surface area contributed by atoms with Crippen molar-refractivity contribution in [2.75, 3.05) is 46.4 Å². The standard InChI is InChI=1S/C20H32N2O3/c1-24-20-8-4-6-17(12-20)15-25-16-19(23)14-21-9-5-7-18(13-21)22-10-2-3-11-22/h4,6,8,12,18-19,23H,2-3,5,7,9-11,13-16H2,1H3. The maximum Gasteiger partial charge on any atom is 0.119 e. The average Bonchev–Trinajstić information content (AvgIpc) is 3.17. The molecule has 25 heavy (non-hydrogen) atoms. The van der Waals surface area contributed by atoms with Crippen molar-refractivity contribution in [2.24, 2.45) is 0 Å². The molecule has 0 bridgehead atoms. The second-order valence-electron chi connectivity index (χ2n) is 7.32. The Hall–Kier alpha value is -1.14. The molecule has 2 aliphatic heterocycles. The molecule has 0 amide bonds. The van der Waals surface area contributed by atoms with Crippen LogP contribution in [0.25, 0.3) is 0 Å². The summed E-state index contributed by atoms with van der Waals surface area (Å²) in [6, 6.07) is 8.55. The second kappa shape index (κ2) is 9.53. The lowest BCUT2D eigenvalue weighted by Gasteiger charge is -2.38. The van der Waals surface area contributed by atoms with Crippen molar-refractivity contribution in [1.29, 1.82) is 0 Å². The van der Waals surface area contributed by atoms with Crippen LogP contribution >= 0.6 is 0 Å². The van der Waals surface area contributed by atoms with E-state index in [1.54, 1.807) is 7.11 Å². The third-order valence-corrected chi connectivity index (χ3v) is 5.32. The highest BCUT2D eigenvalue weighted by Crippen LogP contribution is 2.20. The van der Waals surface area contributed by atoms with Crippen LogP contribution in [0.2, 0.25) is 0 Å². The minimum absolute atomic E-state index is 0.377. The van der Waals surface area contributed by atoms with Crippen molar-refractivity contribution in [3.05, 3.63) is 29.8 Å². The van der Waals surface area contributed by atoms with Gasteiger partial charge in [0.05, 0.1) is 26.4 Å². The molecule has 140 valence electrons. The summed E-state index contributed by atoms with van der Waals surface area (Å²) in [6.45, 7) is 6.29. The fourth-order valence-corrected chi connectivity index (χ4v) is 4.03. The number of β-amino-alcohol motifs (C(OH)–C–C–N with tert-alkyl or cyclic N) is 1. The molecule has 2 heterocycles. The highest BCUT2D eigenvalue weighted by molar-refractivity contribution is 5.27. The summed E-state index contributed by atoms with van der Waals surface area (Å²) in [5, 5.41) is 10.3. The van der Waals surface area contributed by atoms with Crippen LogP contribution in [-0.4, -0.2) is 73.5 Å². The Morgan fingerprint density at radius 1 is 1.20 bits per heavy atom. The van der Waals surface area contributed by atoms with Gasteiger partial charge in [-0.15, -0.1) is 0 Å². The van der Waals surface area contributed by atoms with E-state index < -0.39 is 6.10 Å². The maximum absolute atomic E-state index is 10.3. The smallest absolute Gasteiger partial charge is 0.119 e. The SMILES string of the molecule is COc1cccc(COCC(O)CN2CCCC(N3CCCC3)C2)c1. The van der Waals surface area contributed by atoms with Crippen molar-refractivity contribution in [1.82, 2.24) is 9.80 Å². The summed E-state index contributed by atoms with van der Waals surface area (Å²) in [5.74, 6) is 0.836. The molecule has 5 nitrogen and oxygen atoms in total. The van der Waals surface area contributed by atoms with E-state index in [1.807, 2.05) is 24.3 Å². The van der Waals surface area contributed by atoms with Crippen molar-refractivity contribution in [2.45, 2.75) is 44.4 Å². The van der Waals surface area contributed by atoms with Crippen LogP contribution in [0, 0.1) is 0 Å². The summed E-state index contributed by atoms with van der Waals surface area (Å²) < 4.78 is 10.9. The van der Waals surface area contributed by atoms with Crippen LogP contribution < -0.4 is 4.74 Å². The van der Waals surface area contributed by atoms with E-state index in [0.717, 1.165) is 24.4 Å². The zero-order chi connectivity index (χ0) is 17.5. The molecule has 0 spiro atoms. The lowest BCUT2D eigenvalue weighted by atomic mass is 10.0. The van der Waals surface area contributed by atoms with Gasteiger partial charge in [-0.05, 0) is 63.0 Å². The van der Waals surface area contributed by atoms with Gasteiger partial charge in [-0.1, -0.05) is 12.1 Å². The molecule has 1 N–H and O–H groups in total. The minimum Gasteiger partial charge on any atom is -0.497 e. The van der Waals surface area contributed by atoms with E-state index in [4.69, 9.17) is 9.47 Å². The van der Waals surface area contributed by atoms with E-state index in [1.165, 1.54) is 38.8 Å². The first kappa shape index (κ1) is 18.6. The van der Waals surface area contributed by atoms with Crippen LogP contribution in [-0.2, 0) is 11.3 Å². The Labute approximate surface area is 151 Å². The molecule has 0 radical (unpaired) electrons. The molecular weight excluding hydrogens is 316 g/mol. The van der Waals surface area contributed by atoms with Crippen molar-refractivity contribution >= 4 is 0 Å². The van der Waals surface area contributed by atoms with Gasteiger partial charge in [0, 0.05) is 19.1 Å². The van der Waals surface area contributed by atoms with Crippen LogP contribution in [0.3, 0.4) is 0 Å². The number of hydrogen-bond donors (Lipinski definition) is 1. The van der Waals surface area contributed by atoms with E-state index in [2.05, 4.69) is 9.80 Å².